The van der Waals surface area contributed by atoms with Gasteiger partial charge >= 0.3 is 0 Å². The van der Waals surface area contributed by atoms with Crippen molar-refractivity contribution >= 4 is 44.7 Å². The summed E-state index contributed by atoms with van der Waals surface area (Å²) in [7, 11) is 0. The van der Waals surface area contributed by atoms with Crippen LogP contribution in [0.2, 0.25) is 10.0 Å². The lowest BCUT2D eigenvalue weighted by molar-refractivity contribution is 0.308. The Morgan fingerprint density at radius 2 is 0.875 bits per heavy atom. The van der Waals surface area contributed by atoms with E-state index < -0.39 is 0 Å². The highest BCUT2D eigenvalue weighted by Gasteiger charge is 2.20. The molecule has 0 saturated heterocycles. The van der Waals surface area contributed by atoms with Crippen LogP contribution >= 0.6 is 23.2 Å². The van der Waals surface area contributed by atoms with E-state index in [0.717, 1.165) is 32.7 Å². The van der Waals surface area contributed by atoms with E-state index >= 15 is 0 Å². The molecule has 0 aliphatic carbocycles. The summed E-state index contributed by atoms with van der Waals surface area (Å²) < 4.78 is 12.7. The lowest BCUT2D eigenvalue weighted by Gasteiger charge is -2.19. The first-order valence-corrected chi connectivity index (χ1v) is 11.1. The normalized spacial score (nSPS) is 11.1. The predicted molar refractivity (Wildman–Crippen MR) is 133 cm³/mol. The van der Waals surface area contributed by atoms with Crippen molar-refractivity contribution in [1.29, 1.82) is 0 Å². The zero-order chi connectivity index (χ0) is 21.9. The maximum atomic E-state index is 6.70. The molecule has 0 amide bonds. The van der Waals surface area contributed by atoms with Crippen LogP contribution in [0.15, 0.2) is 97.1 Å². The van der Waals surface area contributed by atoms with Gasteiger partial charge in [0.1, 0.15) is 24.7 Å². The summed E-state index contributed by atoms with van der Waals surface area (Å²) in [4.78, 5) is 0. The fourth-order valence-corrected chi connectivity index (χ4v) is 4.44. The van der Waals surface area contributed by atoms with E-state index in [0.29, 0.717) is 34.8 Å². The summed E-state index contributed by atoms with van der Waals surface area (Å²) in [6, 6.07) is 31.7. The molecule has 5 aromatic rings. The number of halogens is 2. The van der Waals surface area contributed by atoms with Crippen LogP contribution in [0.3, 0.4) is 0 Å². The van der Waals surface area contributed by atoms with Crippen molar-refractivity contribution < 1.29 is 9.47 Å². The number of benzene rings is 5. The Kier molecular flexibility index (Phi) is 5.89. The van der Waals surface area contributed by atoms with Crippen LogP contribution < -0.4 is 9.47 Å². The molecule has 0 saturated carbocycles. The highest BCUT2D eigenvalue weighted by molar-refractivity contribution is 6.40. The fraction of sp³-hybridized carbons (Fsp3) is 0.0714. The largest absolute Gasteiger partial charge is 0.488 e. The molecule has 0 atom stereocenters. The zero-order valence-corrected chi connectivity index (χ0v) is 18.7. The van der Waals surface area contributed by atoms with Gasteiger partial charge in [0.25, 0.3) is 0 Å². The molecule has 4 heteroatoms. The van der Waals surface area contributed by atoms with Crippen LogP contribution in [0.4, 0.5) is 0 Å². The minimum atomic E-state index is 0.424. The second-order valence-electron chi connectivity index (χ2n) is 7.53. The molecule has 0 N–H and O–H groups in total. The van der Waals surface area contributed by atoms with Gasteiger partial charge < -0.3 is 9.47 Å². The summed E-state index contributed by atoms with van der Waals surface area (Å²) in [5, 5.41) is 4.61. The Morgan fingerprint density at radius 1 is 0.469 bits per heavy atom. The predicted octanol–water partition coefficient (Wildman–Crippen LogP) is 8.46. The molecule has 0 aliphatic heterocycles. The SMILES string of the molecule is Clc1cccc2c(OCc3ccccc3)c3c(Cl)cccc3c(OCc3ccccc3)c12. The van der Waals surface area contributed by atoms with E-state index in [1.54, 1.807) is 0 Å². The van der Waals surface area contributed by atoms with Gasteiger partial charge in [0, 0.05) is 21.5 Å². The summed E-state index contributed by atoms with van der Waals surface area (Å²) in [5.74, 6) is 1.41. The van der Waals surface area contributed by atoms with E-state index in [-0.39, 0.29) is 0 Å². The van der Waals surface area contributed by atoms with Crippen LogP contribution in [0.5, 0.6) is 11.5 Å². The minimum Gasteiger partial charge on any atom is -0.488 e. The van der Waals surface area contributed by atoms with Crippen molar-refractivity contribution in [3.05, 3.63) is 118 Å². The first-order chi connectivity index (χ1) is 15.7. The quantitative estimate of drug-likeness (QED) is 0.237. The highest BCUT2D eigenvalue weighted by Crippen LogP contribution is 2.48. The zero-order valence-electron chi connectivity index (χ0n) is 17.2. The molecular weight excluding hydrogens is 439 g/mol. The Hall–Kier alpha value is -3.20. The third-order valence-electron chi connectivity index (χ3n) is 5.42. The average molecular weight is 459 g/mol. The van der Waals surface area contributed by atoms with Gasteiger partial charge in [0.2, 0.25) is 0 Å². The molecule has 0 bridgehead atoms. The topological polar surface area (TPSA) is 18.5 Å². The lowest BCUT2D eigenvalue weighted by Crippen LogP contribution is -2.01. The summed E-state index contributed by atoms with van der Waals surface area (Å²) in [5.41, 5.74) is 2.15. The average Bonchev–Trinajstić information content (AvgIpc) is 2.83. The van der Waals surface area contributed by atoms with Gasteiger partial charge in [-0.2, -0.15) is 0 Å². The lowest BCUT2D eigenvalue weighted by atomic mass is 10.00. The maximum absolute atomic E-state index is 6.70. The van der Waals surface area contributed by atoms with Gasteiger partial charge in [-0.1, -0.05) is 108 Å². The first kappa shape index (κ1) is 20.7. The smallest absolute Gasteiger partial charge is 0.137 e. The van der Waals surface area contributed by atoms with Gasteiger partial charge in [-0.25, -0.2) is 0 Å². The fourth-order valence-electron chi connectivity index (χ4n) is 3.92. The third kappa shape index (κ3) is 4.00. The van der Waals surface area contributed by atoms with Crippen LogP contribution in [0, 0.1) is 0 Å². The van der Waals surface area contributed by atoms with Crippen molar-refractivity contribution in [3.8, 4) is 11.5 Å². The molecule has 0 fully saturated rings. The molecule has 158 valence electrons. The highest BCUT2D eigenvalue weighted by atomic mass is 35.5. The van der Waals surface area contributed by atoms with Crippen molar-refractivity contribution in [2.45, 2.75) is 13.2 Å². The molecule has 0 unspecified atom stereocenters. The van der Waals surface area contributed by atoms with E-state index in [1.165, 1.54) is 0 Å². The summed E-state index contributed by atoms with van der Waals surface area (Å²) >= 11 is 13.4. The number of rotatable bonds is 6. The van der Waals surface area contributed by atoms with Crippen LogP contribution in [0.25, 0.3) is 21.5 Å². The van der Waals surface area contributed by atoms with Crippen LogP contribution in [0.1, 0.15) is 11.1 Å². The molecule has 5 aromatic carbocycles. The molecule has 0 aromatic heterocycles. The van der Waals surface area contributed by atoms with E-state index in [1.807, 2.05) is 97.1 Å². The Morgan fingerprint density at radius 3 is 1.28 bits per heavy atom. The Bertz CT molecular complexity index is 1270. The monoisotopic (exact) mass is 458 g/mol. The molecule has 0 spiro atoms. The third-order valence-corrected chi connectivity index (χ3v) is 6.05. The molecule has 5 rings (SSSR count). The van der Waals surface area contributed by atoms with Gasteiger partial charge in [-0.05, 0) is 23.3 Å². The molecule has 2 nitrogen and oxygen atoms in total. The van der Waals surface area contributed by atoms with Gasteiger partial charge in [-0.15, -0.1) is 0 Å². The molecule has 0 radical (unpaired) electrons. The van der Waals surface area contributed by atoms with Crippen LogP contribution in [-0.4, -0.2) is 0 Å². The van der Waals surface area contributed by atoms with Gasteiger partial charge in [0.15, 0.2) is 0 Å². The number of fused-ring (bicyclic) bond motifs is 2. The second-order valence-corrected chi connectivity index (χ2v) is 8.35. The molecular formula is C28H20Cl2O2. The van der Waals surface area contributed by atoms with Gasteiger partial charge in [-0.3, -0.25) is 0 Å². The van der Waals surface area contributed by atoms with Crippen molar-refractivity contribution in [2.75, 3.05) is 0 Å². The van der Waals surface area contributed by atoms with Crippen molar-refractivity contribution in [3.63, 3.8) is 0 Å². The van der Waals surface area contributed by atoms with Gasteiger partial charge in [0.05, 0.1) is 10.0 Å². The number of hydrogen-bond acceptors (Lipinski definition) is 2. The second kappa shape index (κ2) is 9.12. The Labute approximate surface area is 196 Å². The maximum Gasteiger partial charge on any atom is 0.137 e. The molecule has 32 heavy (non-hydrogen) atoms. The first-order valence-electron chi connectivity index (χ1n) is 10.4. The Balaban J connectivity index is 1.69. The molecule has 0 heterocycles. The van der Waals surface area contributed by atoms with E-state index in [2.05, 4.69) is 0 Å². The van der Waals surface area contributed by atoms with Crippen LogP contribution in [-0.2, 0) is 13.2 Å². The minimum absolute atomic E-state index is 0.424. The van der Waals surface area contributed by atoms with Crippen molar-refractivity contribution in [1.82, 2.24) is 0 Å². The van der Waals surface area contributed by atoms with E-state index in [9.17, 15) is 0 Å². The summed E-state index contributed by atoms with van der Waals surface area (Å²) in [6.07, 6.45) is 0. The summed E-state index contributed by atoms with van der Waals surface area (Å²) in [6.45, 7) is 0.847. The standard InChI is InChI=1S/C28H20Cl2O2/c29-23-15-8-14-22-25(23)27(31-17-19-9-3-1-4-10-19)21-13-7-16-24(30)26(21)28(22)32-18-20-11-5-2-6-12-20/h1-16H,17-18H2. The number of ether oxygens (including phenoxy) is 2. The number of hydrogen-bond donors (Lipinski definition) is 0. The van der Waals surface area contributed by atoms with E-state index in [4.69, 9.17) is 32.7 Å². The molecule has 0 aliphatic rings. The van der Waals surface area contributed by atoms with Crippen molar-refractivity contribution in [2.24, 2.45) is 0 Å².